The van der Waals surface area contributed by atoms with E-state index >= 15 is 0 Å². The molecule has 8 heteroatoms. The largest absolute Gasteiger partial charge is 0.496 e. The summed E-state index contributed by atoms with van der Waals surface area (Å²) in [5.74, 6) is -0.509. The molecule has 0 bridgehead atoms. The van der Waals surface area contributed by atoms with Gasteiger partial charge in [-0.1, -0.05) is 18.2 Å². The van der Waals surface area contributed by atoms with Crippen molar-refractivity contribution in [3.63, 3.8) is 0 Å². The molecular formula is C21H20FNO4S2. The number of carbonyl (C=O) groups excluding carboxylic acids is 1. The van der Waals surface area contributed by atoms with Crippen molar-refractivity contribution in [2.24, 2.45) is 0 Å². The summed E-state index contributed by atoms with van der Waals surface area (Å²) < 4.78 is 45.4. The van der Waals surface area contributed by atoms with E-state index in [-0.39, 0.29) is 17.0 Å². The Hall–Kier alpha value is -2.71. The molecule has 0 radical (unpaired) electrons. The van der Waals surface area contributed by atoms with Crippen LogP contribution in [0.4, 0.5) is 4.39 Å². The molecule has 1 amide bonds. The average Bonchev–Trinajstić information content (AvgIpc) is 3.24. The molecule has 29 heavy (non-hydrogen) atoms. The van der Waals surface area contributed by atoms with Crippen molar-refractivity contribution < 1.29 is 22.3 Å². The van der Waals surface area contributed by atoms with Crippen molar-refractivity contribution in [1.82, 2.24) is 5.32 Å². The van der Waals surface area contributed by atoms with Crippen LogP contribution in [-0.4, -0.2) is 28.0 Å². The van der Waals surface area contributed by atoms with Crippen molar-refractivity contribution in [3.8, 4) is 5.75 Å². The van der Waals surface area contributed by atoms with E-state index in [1.807, 2.05) is 0 Å². The Morgan fingerprint density at radius 3 is 2.59 bits per heavy atom. The van der Waals surface area contributed by atoms with Gasteiger partial charge in [0.15, 0.2) is 9.84 Å². The minimum Gasteiger partial charge on any atom is -0.496 e. The third-order valence-corrected chi connectivity index (χ3v) is 7.71. The molecule has 3 aromatic rings. The summed E-state index contributed by atoms with van der Waals surface area (Å²) in [6, 6.07) is 13.9. The Labute approximate surface area is 173 Å². The number of aryl methyl sites for hydroxylation is 1. The lowest BCUT2D eigenvalue weighted by molar-refractivity contribution is 0.0950. The third kappa shape index (κ3) is 4.49. The maximum Gasteiger partial charge on any atom is 0.255 e. The van der Waals surface area contributed by atoms with Crippen molar-refractivity contribution in [2.75, 3.05) is 13.7 Å². The van der Waals surface area contributed by atoms with E-state index in [2.05, 4.69) is 5.32 Å². The first-order valence-corrected chi connectivity index (χ1v) is 11.2. The van der Waals surface area contributed by atoms with E-state index in [1.54, 1.807) is 41.8 Å². The quantitative estimate of drug-likeness (QED) is 0.568. The summed E-state index contributed by atoms with van der Waals surface area (Å²) in [5, 5.41) is 3.48. The molecule has 1 heterocycles. The first kappa shape index (κ1) is 21.0. The number of carbonyl (C=O) groups is 1. The number of hydrogen-bond donors (Lipinski definition) is 1. The Morgan fingerprint density at radius 2 is 1.93 bits per heavy atom. The maximum atomic E-state index is 13.6. The number of benzene rings is 2. The van der Waals surface area contributed by atoms with Gasteiger partial charge in [0.25, 0.3) is 5.91 Å². The highest BCUT2D eigenvalue weighted by atomic mass is 32.2. The van der Waals surface area contributed by atoms with Crippen molar-refractivity contribution >= 4 is 27.1 Å². The van der Waals surface area contributed by atoms with E-state index in [0.717, 1.165) is 6.07 Å². The van der Waals surface area contributed by atoms with Crippen LogP contribution in [-0.2, 0) is 9.84 Å². The van der Waals surface area contributed by atoms with Gasteiger partial charge in [-0.15, -0.1) is 11.3 Å². The number of halogens is 1. The fraction of sp³-hybridized carbons (Fsp3) is 0.190. The number of sulfone groups is 1. The molecule has 1 N–H and O–H groups in total. The summed E-state index contributed by atoms with van der Waals surface area (Å²) in [6.45, 7) is 1.38. The van der Waals surface area contributed by atoms with Crippen LogP contribution in [0.1, 0.15) is 26.0 Å². The van der Waals surface area contributed by atoms with Crippen LogP contribution in [0.3, 0.4) is 0 Å². The molecule has 0 aliphatic rings. The summed E-state index contributed by atoms with van der Waals surface area (Å²) in [4.78, 5) is 13.2. The first-order valence-electron chi connectivity index (χ1n) is 8.79. The summed E-state index contributed by atoms with van der Waals surface area (Å²) in [6.07, 6.45) is 0. The van der Waals surface area contributed by atoms with Gasteiger partial charge >= 0.3 is 0 Å². The lowest BCUT2D eigenvalue weighted by atomic mass is 10.2. The maximum absolute atomic E-state index is 13.6. The SMILES string of the molecule is COc1ccccc1C(=O)NC[C@H](c1cccs1)S(=O)(=O)c1ccc(F)c(C)c1. The standard InChI is InChI=1S/C21H20FNO4S2/c1-14-12-15(9-10-17(14)22)29(25,26)20(19-8-5-11-28-19)13-23-21(24)16-6-3-4-7-18(16)27-2/h3-12,20H,13H2,1-2H3,(H,23,24)/t20-/m1/s1. The number of thiophene rings is 1. The lowest BCUT2D eigenvalue weighted by Gasteiger charge is -2.18. The highest BCUT2D eigenvalue weighted by molar-refractivity contribution is 7.91. The van der Waals surface area contributed by atoms with E-state index in [1.165, 1.54) is 37.5 Å². The second-order valence-electron chi connectivity index (χ2n) is 6.37. The number of methoxy groups -OCH3 is 1. The van der Waals surface area contributed by atoms with Gasteiger partial charge in [0.2, 0.25) is 0 Å². The second kappa shape index (κ2) is 8.75. The predicted molar refractivity (Wildman–Crippen MR) is 111 cm³/mol. The number of nitrogens with one attached hydrogen (secondary N) is 1. The molecular weight excluding hydrogens is 413 g/mol. The van der Waals surface area contributed by atoms with Gasteiger partial charge in [0.05, 0.1) is 17.6 Å². The number of hydrogen-bond acceptors (Lipinski definition) is 5. The molecule has 0 aliphatic carbocycles. The van der Waals surface area contributed by atoms with Crippen LogP contribution in [0, 0.1) is 12.7 Å². The number of ether oxygens (including phenoxy) is 1. The van der Waals surface area contributed by atoms with Gasteiger partial charge in [-0.25, -0.2) is 12.8 Å². The van der Waals surface area contributed by atoms with E-state index in [9.17, 15) is 17.6 Å². The van der Waals surface area contributed by atoms with Crippen molar-refractivity contribution in [3.05, 3.63) is 81.8 Å². The summed E-state index contributed by atoms with van der Waals surface area (Å²) in [7, 11) is -2.40. The van der Waals surface area contributed by atoms with E-state index < -0.39 is 26.8 Å². The highest BCUT2D eigenvalue weighted by Gasteiger charge is 2.31. The number of amides is 1. The number of rotatable bonds is 7. The average molecular weight is 434 g/mol. The Balaban J connectivity index is 1.90. The van der Waals surface area contributed by atoms with Gasteiger partial charge in [0.1, 0.15) is 16.8 Å². The molecule has 152 valence electrons. The van der Waals surface area contributed by atoms with Crippen LogP contribution in [0.15, 0.2) is 64.9 Å². The van der Waals surface area contributed by atoms with Crippen molar-refractivity contribution in [2.45, 2.75) is 17.1 Å². The van der Waals surface area contributed by atoms with E-state index in [0.29, 0.717) is 16.2 Å². The molecule has 0 saturated carbocycles. The van der Waals surface area contributed by atoms with E-state index in [4.69, 9.17) is 4.74 Å². The van der Waals surface area contributed by atoms with Crippen LogP contribution < -0.4 is 10.1 Å². The Morgan fingerprint density at radius 1 is 1.17 bits per heavy atom. The van der Waals surface area contributed by atoms with Gasteiger partial charge in [0, 0.05) is 11.4 Å². The smallest absolute Gasteiger partial charge is 0.255 e. The molecule has 1 atom stereocenters. The number of para-hydroxylation sites is 1. The minimum absolute atomic E-state index is 0.0151. The molecule has 0 aliphatic heterocycles. The van der Waals surface area contributed by atoms with Crippen LogP contribution in [0.25, 0.3) is 0 Å². The molecule has 5 nitrogen and oxygen atoms in total. The zero-order chi connectivity index (χ0) is 21.0. The fourth-order valence-corrected chi connectivity index (χ4v) is 5.78. The van der Waals surface area contributed by atoms with Gasteiger partial charge in [-0.2, -0.15) is 0 Å². The molecule has 0 unspecified atom stereocenters. The summed E-state index contributed by atoms with van der Waals surface area (Å²) >= 11 is 1.29. The fourth-order valence-electron chi connectivity index (χ4n) is 2.91. The predicted octanol–water partition coefficient (Wildman–Crippen LogP) is 4.15. The molecule has 2 aromatic carbocycles. The zero-order valence-corrected chi connectivity index (χ0v) is 17.5. The Bertz CT molecular complexity index is 1110. The molecule has 3 rings (SSSR count). The molecule has 0 saturated heterocycles. The van der Waals surface area contributed by atoms with Crippen LogP contribution in [0.2, 0.25) is 0 Å². The monoisotopic (exact) mass is 433 g/mol. The molecule has 1 aromatic heterocycles. The first-order chi connectivity index (χ1) is 13.8. The van der Waals surface area contributed by atoms with Crippen LogP contribution >= 0.6 is 11.3 Å². The van der Waals surface area contributed by atoms with Gasteiger partial charge in [-0.05, 0) is 54.3 Å². The molecule has 0 fully saturated rings. The lowest BCUT2D eigenvalue weighted by Crippen LogP contribution is -2.31. The normalized spacial score (nSPS) is 12.4. The van der Waals surface area contributed by atoms with Crippen LogP contribution in [0.5, 0.6) is 5.75 Å². The summed E-state index contributed by atoms with van der Waals surface area (Å²) in [5.41, 5.74) is 0.559. The minimum atomic E-state index is -3.86. The molecule has 0 spiro atoms. The third-order valence-electron chi connectivity index (χ3n) is 4.49. The highest BCUT2D eigenvalue weighted by Crippen LogP contribution is 2.32. The topological polar surface area (TPSA) is 72.5 Å². The van der Waals surface area contributed by atoms with Gasteiger partial charge in [-0.3, -0.25) is 4.79 Å². The zero-order valence-electron chi connectivity index (χ0n) is 15.9. The van der Waals surface area contributed by atoms with Crippen molar-refractivity contribution in [1.29, 1.82) is 0 Å². The Kier molecular flexibility index (Phi) is 6.34. The van der Waals surface area contributed by atoms with Gasteiger partial charge < -0.3 is 10.1 Å². The second-order valence-corrected chi connectivity index (χ2v) is 9.48.